The highest BCUT2D eigenvalue weighted by Crippen LogP contribution is 2.19. The lowest BCUT2D eigenvalue weighted by Crippen LogP contribution is -2.50. The maximum absolute atomic E-state index is 12.4. The first-order chi connectivity index (χ1) is 11.5. The third-order valence-electron chi connectivity index (χ3n) is 3.73. The van der Waals surface area contributed by atoms with Crippen LogP contribution < -0.4 is 5.32 Å². The molecular weight excluding hydrogens is 328 g/mol. The fourth-order valence-corrected chi connectivity index (χ4v) is 3.66. The van der Waals surface area contributed by atoms with Crippen LogP contribution >= 0.6 is 11.8 Å². The molecule has 1 unspecified atom stereocenters. The summed E-state index contributed by atoms with van der Waals surface area (Å²) in [5.41, 5.74) is 0.969. The van der Waals surface area contributed by atoms with E-state index in [1.54, 1.807) is 43.0 Å². The molecule has 1 N–H and O–H groups in total. The molecule has 1 aromatic carbocycles. The van der Waals surface area contributed by atoms with E-state index in [0.29, 0.717) is 30.2 Å². The Labute approximate surface area is 145 Å². The van der Waals surface area contributed by atoms with E-state index in [9.17, 15) is 14.4 Å². The van der Waals surface area contributed by atoms with E-state index in [0.717, 1.165) is 5.75 Å². The van der Waals surface area contributed by atoms with Gasteiger partial charge in [-0.05, 0) is 26.0 Å². The van der Waals surface area contributed by atoms with Gasteiger partial charge in [-0.15, -0.1) is 0 Å². The van der Waals surface area contributed by atoms with Crippen LogP contribution in [0.2, 0.25) is 0 Å². The molecule has 24 heavy (non-hydrogen) atoms. The summed E-state index contributed by atoms with van der Waals surface area (Å²) < 4.78 is 5.09. The summed E-state index contributed by atoms with van der Waals surface area (Å²) >= 11 is 1.68. The fourth-order valence-electron chi connectivity index (χ4n) is 2.56. The van der Waals surface area contributed by atoms with Gasteiger partial charge in [-0.1, -0.05) is 12.1 Å². The third kappa shape index (κ3) is 4.82. The minimum absolute atomic E-state index is 0.0935. The number of hydrogen-bond donors (Lipinski definition) is 1. The molecule has 1 heterocycles. The average Bonchev–Trinajstić information content (AvgIpc) is 2.55. The quantitative estimate of drug-likeness (QED) is 0.623. The summed E-state index contributed by atoms with van der Waals surface area (Å²) in [5.74, 6) is 0.847. The molecule has 1 fully saturated rings. The highest BCUT2D eigenvalue weighted by Gasteiger charge is 2.31. The van der Waals surface area contributed by atoms with Gasteiger partial charge in [-0.3, -0.25) is 19.3 Å². The van der Waals surface area contributed by atoms with E-state index in [2.05, 4.69) is 5.32 Å². The van der Waals surface area contributed by atoms with Gasteiger partial charge in [0.15, 0.2) is 5.78 Å². The average molecular weight is 350 g/mol. The number of ketones is 1. The smallest absolute Gasteiger partial charge is 0.324 e. The van der Waals surface area contributed by atoms with Gasteiger partial charge in [-0.25, -0.2) is 0 Å². The zero-order chi connectivity index (χ0) is 17.5. The van der Waals surface area contributed by atoms with Gasteiger partial charge < -0.3 is 10.1 Å². The van der Waals surface area contributed by atoms with Gasteiger partial charge in [0.2, 0.25) is 5.91 Å². The van der Waals surface area contributed by atoms with E-state index in [1.807, 2.05) is 4.90 Å². The Balaban J connectivity index is 2.02. The number of rotatable bonds is 6. The van der Waals surface area contributed by atoms with Crippen molar-refractivity contribution in [2.45, 2.75) is 19.9 Å². The molecule has 0 radical (unpaired) electrons. The number of carbonyl (C=O) groups excluding carboxylic acids is 3. The maximum Gasteiger partial charge on any atom is 0.324 e. The summed E-state index contributed by atoms with van der Waals surface area (Å²) in [6, 6.07) is 6.49. The van der Waals surface area contributed by atoms with Crippen molar-refractivity contribution in [3.8, 4) is 0 Å². The molecule has 130 valence electrons. The normalized spacial score (nSPS) is 18.0. The van der Waals surface area contributed by atoms with Crippen molar-refractivity contribution in [1.29, 1.82) is 0 Å². The largest absolute Gasteiger partial charge is 0.465 e. The zero-order valence-corrected chi connectivity index (χ0v) is 14.7. The number of nitrogens with zero attached hydrogens (tertiary/aromatic N) is 1. The Morgan fingerprint density at radius 3 is 2.79 bits per heavy atom. The summed E-state index contributed by atoms with van der Waals surface area (Å²) in [7, 11) is 0. The van der Waals surface area contributed by atoms with Crippen LogP contribution in [0.3, 0.4) is 0 Å². The van der Waals surface area contributed by atoms with Crippen molar-refractivity contribution in [3.05, 3.63) is 29.8 Å². The Morgan fingerprint density at radius 1 is 1.33 bits per heavy atom. The van der Waals surface area contributed by atoms with Crippen LogP contribution in [0.4, 0.5) is 5.69 Å². The predicted octanol–water partition coefficient (Wildman–Crippen LogP) is 1.81. The van der Waals surface area contributed by atoms with E-state index in [-0.39, 0.29) is 24.2 Å². The Hall–Kier alpha value is -1.86. The van der Waals surface area contributed by atoms with E-state index < -0.39 is 6.04 Å². The highest BCUT2D eigenvalue weighted by atomic mass is 32.2. The first kappa shape index (κ1) is 18.5. The van der Waals surface area contributed by atoms with Crippen LogP contribution in [0.1, 0.15) is 24.2 Å². The van der Waals surface area contributed by atoms with Crippen molar-refractivity contribution in [3.63, 3.8) is 0 Å². The molecule has 1 aromatic rings. The number of benzene rings is 1. The highest BCUT2D eigenvalue weighted by molar-refractivity contribution is 7.99. The van der Waals surface area contributed by atoms with Crippen LogP contribution in [0, 0.1) is 0 Å². The van der Waals surface area contributed by atoms with Gasteiger partial charge in [-0.2, -0.15) is 11.8 Å². The van der Waals surface area contributed by atoms with Gasteiger partial charge in [0.05, 0.1) is 18.8 Å². The lowest BCUT2D eigenvalue weighted by Gasteiger charge is -2.32. The number of carbonyl (C=O) groups is 3. The number of para-hydroxylation sites is 1. The van der Waals surface area contributed by atoms with Crippen LogP contribution in [0.25, 0.3) is 0 Å². The topological polar surface area (TPSA) is 75.7 Å². The molecular formula is C17H22N2O4S. The molecule has 0 saturated carbocycles. The number of anilines is 1. The summed E-state index contributed by atoms with van der Waals surface area (Å²) in [6.45, 7) is 4.30. The molecule has 0 bridgehead atoms. The molecule has 0 aliphatic carbocycles. The maximum atomic E-state index is 12.4. The van der Waals surface area contributed by atoms with E-state index >= 15 is 0 Å². The number of amides is 1. The molecule has 1 amide bonds. The number of nitrogens with one attached hydrogen (secondary N) is 1. The number of thioether (sulfide) groups is 1. The van der Waals surface area contributed by atoms with E-state index in [1.165, 1.54) is 6.92 Å². The van der Waals surface area contributed by atoms with Crippen LogP contribution in [-0.4, -0.2) is 59.8 Å². The van der Waals surface area contributed by atoms with Gasteiger partial charge in [0.1, 0.15) is 6.04 Å². The SMILES string of the molecule is CCOC(=O)C1CSCCN1CC(=O)Nc1ccccc1C(C)=O. The number of ether oxygens (including phenoxy) is 1. The summed E-state index contributed by atoms with van der Waals surface area (Å²) in [5, 5.41) is 2.77. The van der Waals surface area contributed by atoms with Crippen molar-refractivity contribution < 1.29 is 19.1 Å². The molecule has 1 atom stereocenters. The fraction of sp³-hybridized carbons (Fsp3) is 0.471. The number of hydrogen-bond acceptors (Lipinski definition) is 6. The minimum Gasteiger partial charge on any atom is -0.465 e. The minimum atomic E-state index is -0.405. The lowest BCUT2D eigenvalue weighted by atomic mass is 10.1. The molecule has 1 aliphatic heterocycles. The third-order valence-corrected chi connectivity index (χ3v) is 4.75. The van der Waals surface area contributed by atoms with Crippen LogP contribution in [-0.2, 0) is 14.3 Å². The number of Topliss-reactive ketones (excluding diaryl/α,β-unsaturated/α-hetero) is 1. The summed E-state index contributed by atoms with van der Waals surface area (Å²) in [6.07, 6.45) is 0. The van der Waals surface area contributed by atoms with Crippen molar-refractivity contribution in [2.75, 3.05) is 36.5 Å². The molecule has 0 aromatic heterocycles. The second-order valence-corrected chi connectivity index (χ2v) is 6.61. The monoisotopic (exact) mass is 350 g/mol. The van der Waals surface area contributed by atoms with Crippen molar-refractivity contribution >= 4 is 35.1 Å². The van der Waals surface area contributed by atoms with Gasteiger partial charge >= 0.3 is 5.97 Å². The van der Waals surface area contributed by atoms with Crippen LogP contribution in [0.15, 0.2) is 24.3 Å². The predicted molar refractivity (Wildman–Crippen MR) is 94.4 cm³/mol. The Kier molecular flexibility index (Phi) is 6.81. The number of esters is 1. The van der Waals surface area contributed by atoms with Crippen molar-refractivity contribution in [2.24, 2.45) is 0 Å². The second kappa shape index (κ2) is 8.84. The molecule has 1 aliphatic rings. The molecule has 2 rings (SSSR count). The second-order valence-electron chi connectivity index (χ2n) is 5.46. The van der Waals surface area contributed by atoms with Gasteiger partial charge in [0.25, 0.3) is 0 Å². The Bertz CT molecular complexity index is 620. The zero-order valence-electron chi connectivity index (χ0n) is 13.9. The molecule has 0 spiro atoms. The van der Waals surface area contributed by atoms with Crippen molar-refractivity contribution in [1.82, 2.24) is 4.90 Å². The van der Waals surface area contributed by atoms with Gasteiger partial charge in [0, 0.05) is 23.6 Å². The molecule has 1 saturated heterocycles. The first-order valence-electron chi connectivity index (χ1n) is 7.91. The molecule has 7 heteroatoms. The lowest BCUT2D eigenvalue weighted by molar-refractivity contribution is -0.148. The summed E-state index contributed by atoms with van der Waals surface area (Å²) in [4.78, 5) is 37.9. The van der Waals surface area contributed by atoms with E-state index in [4.69, 9.17) is 4.74 Å². The molecule has 6 nitrogen and oxygen atoms in total. The standard InChI is InChI=1S/C17H22N2O4S/c1-3-23-17(22)15-11-24-9-8-19(15)10-16(21)18-14-7-5-4-6-13(14)12(2)20/h4-7,15H,3,8-11H2,1-2H3,(H,18,21). The Morgan fingerprint density at radius 2 is 2.08 bits per heavy atom. The van der Waals surface area contributed by atoms with Crippen LogP contribution in [0.5, 0.6) is 0 Å². The first-order valence-corrected chi connectivity index (χ1v) is 9.06.